The molecule has 1 aromatic carbocycles. The standard InChI is InChI=1S/C18H31NO2Si/c1-4-5-6-7-14-22(2,3)15-8-13-19-17-11-9-16(10-12-17)18(20)21/h9-12,19H,4-8,13-15H2,1-3H3,(H,20,21). The van der Waals surface area contributed by atoms with Gasteiger partial charge in [0.2, 0.25) is 0 Å². The third-order valence-electron chi connectivity index (χ3n) is 4.20. The summed E-state index contributed by atoms with van der Waals surface area (Å²) in [5, 5.41) is 12.3. The molecule has 0 saturated carbocycles. The molecule has 2 N–H and O–H groups in total. The molecule has 4 heteroatoms. The van der Waals surface area contributed by atoms with Gasteiger partial charge in [-0.15, -0.1) is 0 Å². The number of carbonyl (C=O) groups is 1. The zero-order valence-electron chi connectivity index (χ0n) is 14.3. The van der Waals surface area contributed by atoms with E-state index < -0.39 is 14.0 Å². The van der Waals surface area contributed by atoms with E-state index in [-0.39, 0.29) is 0 Å². The molecule has 0 saturated heterocycles. The fourth-order valence-corrected chi connectivity index (χ4v) is 5.28. The van der Waals surface area contributed by atoms with Crippen LogP contribution in [0.2, 0.25) is 25.2 Å². The Morgan fingerprint density at radius 3 is 2.27 bits per heavy atom. The topological polar surface area (TPSA) is 49.3 Å². The Balaban J connectivity index is 2.22. The first-order valence-electron chi connectivity index (χ1n) is 8.52. The van der Waals surface area contributed by atoms with Crippen molar-refractivity contribution in [3.63, 3.8) is 0 Å². The summed E-state index contributed by atoms with van der Waals surface area (Å²) in [5.41, 5.74) is 1.35. The van der Waals surface area contributed by atoms with Crippen molar-refractivity contribution in [3.8, 4) is 0 Å². The van der Waals surface area contributed by atoms with E-state index in [9.17, 15) is 4.79 Å². The van der Waals surface area contributed by atoms with Crippen molar-refractivity contribution in [2.75, 3.05) is 11.9 Å². The maximum absolute atomic E-state index is 10.8. The van der Waals surface area contributed by atoms with E-state index in [1.54, 1.807) is 12.1 Å². The van der Waals surface area contributed by atoms with Crippen LogP contribution < -0.4 is 5.32 Å². The summed E-state index contributed by atoms with van der Waals surface area (Å²) < 4.78 is 0. The summed E-state index contributed by atoms with van der Waals surface area (Å²) in [6.45, 7) is 8.23. The lowest BCUT2D eigenvalue weighted by Gasteiger charge is -2.22. The molecule has 0 bridgehead atoms. The first kappa shape index (κ1) is 18.8. The molecule has 0 unspecified atom stereocenters. The number of anilines is 1. The molecule has 22 heavy (non-hydrogen) atoms. The monoisotopic (exact) mass is 321 g/mol. The van der Waals surface area contributed by atoms with Crippen LogP contribution in [0, 0.1) is 0 Å². The Hall–Kier alpha value is -1.29. The smallest absolute Gasteiger partial charge is 0.335 e. The number of carboxylic acid groups (broad SMARTS) is 1. The minimum atomic E-state index is -1.03. The van der Waals surface area contributed by atoms with Gasteiger partial charge in [-0.3, -0.25) is 0 Å². The van der Waals surface area contributed by atoms with Crippen molar-refractivity contribution in [2.24, 2.45) is 0 Å². The van der Waals surface area contributed by atoms with E-state index in [1.165, 1.54) is 44.2 Å². The lowest BCUT2D eigenvalue weighted by atomic mass is 10.2. The summed E-state index contributed by atoms with van der Waals surface area (Å²) in [6, 6.07) is 9.79. The fourth-order valence-electron chi connectivity index (χ4n) is 2.69. The Labute approximate surface area is 136 Å². The average Bonchev–Trinajstić information content (AvgIpc) is 2.49. The molecule has 0 radical (unpaired) electrons. The zero-order valence-corrected chi connectivity index (χ0v) is 15.3. The van der Waals surface area contributed by atoms with Crippen LogP contribution in [0.1, 0.15) is 49.4 Å². The molecule has 0 spiro atoms. The van der Waals surface area contributed by atoms with Crippen LogP contribution in [0.5, 0.6) is 0 Å². The van der Waals surface area contributed by atoms with Gasteiger partial charge in [0.1, 0.15) is 0 Å². The summed E-state index contributed by atoms with van der Waals surface area (Å²) in [6.07, 6.45) is 6.68. The normalized spacial score (nSPS) is 11.4. The molecule has 0 amide bonds. The van der Waals surface area contributed by atoms with E-state index in [4.69, 9.17) is 5.11 Å². The van der Waals surface area contributed by atoms with Gasteiger partial charge in [-0.25, -0.2) is 4.79 Å². The molecule has 0 aliphatic carbocycles. The number of unbranched alkanes of at least 4 members (excludes halogenated alkanes) is 3. The Morgan fingerprint density at radius 1 is 1.05 bits per heavy atom. The van der Waals surface area contributed by atoms with Crippen LogP contribution in [0.15, 0.2) is 24.3 Å². The highest BCUT2D eigenvalue weighted by Gasteiger charge is 2.18. The van der Waals surface area contributed by atoms with Gasteiger partial charge in [0.05, 0.1) is 5.56 Å². The number of nitrogens with one attached hydrogen (secondary N) is 1. The van der Waals surface area contributed by atoms with Crippen LogP contribution in [0.25, 0.3) is 0 Å². The van der Waals surface area contributed by atoms with E-state index in [2.05, 4.69) is 25.3 Å². The van der Waals surface area contributed by atoms with Crippen LogP contribution in [-0.4, -0.2) is 25.7 Å². The summed E-state index contributed by atoms with van der Waals surface area (Å²) in [7, 11) is -1.03. The predicted octanol–water partition coefficient (Wildman–Crippen LogP) is 5.48. The van der Waals surface area contributed by atoms with Crippen molar-refractivity contribution in [2.45, 2.75) is 64.2 Å². The van der Waals surface area contributed by atoms with Gasteiger partial charge in [0, 0.05) is 20.3 Å². The zero-order chi connectivity index (χ0) is 16.4. The molecular weight excluding hydrogens is 290 g/mol. The Kier molecular flexibility index (Phi) is 8.24. The van der Waals surface area contributed by atoms with Crippen LogP contribution in [0.4, 0.5) is 5.69 Å². The van der Waals surface area contributed by atoms with Gasteiger partial charge in [0.15, 0.2) is 0 Å². The molecule has 0 fully saturated rings. The van der Waals surface area contributed by atoms with Gasteiger partial charge in [-0.1, -0.05) is 57.8 Å². The molecule has 1 rings (SSSR count). The molecule has 0 aliphatic rings. The van der Waals surface area contributed by atoms with E-state index in [0.29, 0.717) is 5.56 Å². The van der Waals surface area contributed by atoms with Gasteiger partial charge in [-0.2, -0.15) is 0 Å². The van der Waals surface area contributed by atoms with Crippen molar-refractivity contribution in [1.29, 1.82) is 0 Å². The first-order chi connectivity index (χ1) is 10.4. The molecular formula is C18H31NO2Si. The van der Waals surface area contributed by atoms with Crippen molar-refractivity contribution >= 4 is 19.7 Å². The van der Waals surface area contributed by atoms with Gasteiger partial charge in [-0.05, 0) is 30.7 Å². The third-order valence-corrected chi connectivity index (χ3v) is 7.61. The summed E-state index contributed by atoms with van der Waals surface area (Å²) in [4.78, 5) is 10.8. The van der Waals surface area contributed by atoms with Gasteiger partial charge in [0.25, 0.3) is 0 Å². The highest BCUT2D eigenvalue weighted by atomic mass is 28.3. The minimum absolute atomic E-state index is 0.339. The van der Waals surface area contributed by atoms with Gasteiger partial charge < -0.3 is 10.4 Å². The number of carboxylic acids is 1. The van der Waals surface area contributed by atoms with Crippen LogP contribution in [-0.2, 0) is 0 Å². The highest BCUT2D eigenvalue weighted by Crippen LogP contribution is 2.21. The highest BCUT2D eigenvalue weighted by molar-refractivity contribution is 6.77. The molecule has 0 aliphatic heterocycles. The second-order valence-corrected chi connectivity index (χ2v) is 12.2. The summed E-state index contributed by atoms with van der Waals surface area (Å²) in [5.74, 6) is -0.873. The Bertz CT molecular complexity index is 443. The number of hydrogen-bond acceptors (Lipinski definition) is 2. The number of hydrogen-bond donors (Lipinski definition) is 2. The molecule has 1 aromatic rings. The lowest BCUT2D eigenvalue weighted by molar-refractivity contribution is 0.0697. The second kappa shape index (κ2) is 9.67. The minimum Gasteiger partial charge on any atom is -0.478 e. The van der Waals surface area contributed by atoms with E-state index >= 15 is 0 Å². The Morgan fingerprint density at radius 2 is 1.68 bits per heavy atom. The summed E-state index contributed by atoms with van der Waals surface area (Å²) >= 11 is 0. The average molecular weight is 322 g/mol. The lowest BCUT2D eigenvalue weighted by Crippen LogP contribution is -2.25. The number of rotatable bonds is 11. The second-order valence-electron chi connectivity index (χ2n) is 6.89. The van der Waals surface area contributed by atoms with E-state index in [0.717, 1.165) is 12.2 Å². The number of aromatic carboxylic acids is 1. The van der Waals surface area contributed by atoms with Crippen molar-refractivity contribution in [3.05, 3.63) is 29.8 Å². The third kappa shape index (κ3) is 7.64. The van der Waals surface area contributed by atoms with Crippen LogP contribution >= 0.6 is 0 Å². The molecule has 0 aromatic heterocycles. The SMILES string of the molecule is CCCCCC[Si](C)(C)CCCNc1ccc(C(=O)O)cc1. The molecule has 3 nitrogen and oxygen atoms in total. The van der Waals surface area contributed by atoms with Gasteiger partial charge >= 0.3 is 5.97 Å². The van der Waals surface area contributed by atoms with E-state index in [1.807, 2.05) is 12.1 Å². The predicted molar refractivity (Wildman–Crippen MR) is 97.7 cm³/mol. The van der Waals surface area contributed by atoms with Crippen molar-refractivity contribution < 1.29 is 9.90 Å². The maximum Gasteiger partial charge on any atom is 0.335 e. The molecule has 0 atom stereocenters. The molecule has 0 heterocycles. The first-order valence-corrected chi connectivity index (χ1v) is 11.9. The molecule has 124 valence electrons. The van der Waals surface area contributed by atoms with Crippen molar-refractivity contribution in [1.82, 2.24) is 0 Å². The number of benzene rings is 1. The maximum atomic E-state index is 10.8. The fraction of sp³-hybridized carbons (Fsp3) is 0.611. The van der Waals surface area contributed by atoms with Crippen LogP contribution in [0.3, 0.4) is 0 Å². The largest absolute Gasteiger partial charge is 0.478 e. The quantitative estimate of drug-likeness (QED) is 0.419.